The van der Waals surface area contributed by atoms with Crippen LogP contribution in [0.3, 0.4) is 0 Å². The number of benzene rings is 2. The lowest BCUT2D eigenvalue weighted by atomic mass is 10.1. The van der Waals surface area contributed by atoms with Crippen molar-refractivity contribution in [1.82, 2.24) is 5.32 Å². The molecule has 3 heteroatoms. The Labute approximate surface area is 118 Å². The lowest BCUT2D eigenvalue weighted by Gasteiger charge is -2.14. The van der Waals surface area contributed by atoms with Crippen molar-refractivity contribution in [2.24, 2.45) is 0 Å². The van der Waals surface area contributed by atoms with Crippen LogP contribution in [0.4, 0.5) is 0 Å². The highest BCUT2D eigenvalue weighted by atomic mass is 35.5. The number of hydrogen-bond donors (Lipinski definition) is 1. The van der Waals surface area contributed by atoms with Crippen LogP contribution in [0.25, 0.3) is 0 Å². The number of halogens is 1. The zero-order valence-electron chi connectivity index (χ0n) is 10.8. The first-order chi connectivity index (χ1) is 9.15. The average molecular weight is 274 g/mol. The summed E-state index contributed by atoms with van der Waals surface area (Å²) >= 11 is 5.94. The average Bonchev–Trinajstić information content (AvgIpc) is 2.39. The SMILES string of the molecule is CC(Cc1cccc(Cl)c1)NC(=O)c1ccccc1. The third-order valence-electron chi connectivity index (χ3n) is 2.84. The quantitative estimate of drug-likeness (QED) is 0.904. The van der Waals surface area contributed by atoms with Gasteiger partial charge in [-0.3, -0.25) is 4.79 Å². The molecule has 0 aliphatic carbocycles. The topological polar surface area (TPSA) is 29.1 Å². The van der Waals surface area contributed by atoms with Crippen LogP contribution in [-0.4, -0.2) is 11.9 Å². The molecule has 0 bridgehead atoms. The number of hydrogen-bond acceptors (Lipinski definition) is 1. The van der Waals surface area contributed by atoms with Gasteiger partial charge in [0.25, 0.3) is 5.91 Å². The summed E-state index contributed by atoms with van der Waals surface area (Å²) in [5.74, 6) is -0.0462. The predicted molar refractivity (Wildman–Crippen MR) is 78.5 cm³/mol. The van der Waals surface area contributed by atoms with Crippen molar-refractivity contribution < 1.29 is 4.79 Å². The van der Waals surface area contributed by atoms with E-state index in [1.807, 2.05) is 49.4 Å². The molecule has 19 heavy (non-hydrogen) atoms. The second-order valence-corrected chi connectivity index (χ2v) is 5.01. The highest BCUT2D eigenvalue weighted by Gasteiger charge is 2.09. The lowest BCUT2D eigenvalue weighted by molar-refractivity contribution is 0.0940. The van der Waals surface area contributed by atoms with E-state index in [1.54, 1.807) is 12.1 Å². The maximum atomic E-state index is 12.0. The Balaban J connectivity index is 1.95. The van der Waals surface area contributed by atoms with Gasteiger partial charge in [0.05, 0.1) is 0 Å². The van der Waals surface area contributed by atoms with E-state index in [0.29, 0.717) is 5.56 Å². The molecular weight excluding hydrogens is 258 g/mol. The van der Waals surface area contributed by atoms with Gasteiger partial charge in [0.15, 0.2) is 0 Å². The summed E-state index contributed by atoms with van der Waals surface area (Å²) in [6, 6.07) is 17.0. The molecule has 0 saturated heterocycles. The second kappa shape index (κ2) is 6.39. The minimum absolute atomic E-state index is 0.0462. The fourth-order valence-corrected chi connectivity index (χ4v) is 2.18. The van der Waals surface area contributed by atoms with Gasteiger partial charge in [0, 0.05) is 16.6 Å². The highest BCUT2D eigenvalue weighted by Crippen LogP contribution is 2.12. The maximum Gasteiger partial charge on any atom is 0.251 e. The third-order valence-corrected chi connectivity index (χ3v) is 3.08. The molecule has 0 fully saturated rings. The normalized spacial score (nSPS) is 11.9. The Morgan fingerprint density at radius 2 is 1.89 bits per heavy atom. The highest BCUT2D eigenvalue weighted by molar-refractivity contribution is 6.30. The molecule has 0 aromatic heterocycles. The molecule has 98 valence electrons. The second-order valence-electron chi connectivity index (χ2n) is 4.57. The summed E-state index contributed by atoms with van der Waals surface area (Å²) in [5, 5.41) is 3.70. The van der Waals surface area contributed by atoms with E-state index >= 15 is 0 Å². The molecule has 1 atom stereocenters. The molecule has 0 heterocycles. The molecule has 0 radical (unpaired) electrons. The molecule has 0 aliphatic heterocycles. The summed E-state index contributed by atoms with van der Waals surface area (Å²) in [6.45, 7) is 1.99. The van der Waals surface area contributed by atoms with E-state index in [2.05, 4.69) is 5.32 Å². The minimum Gasteiger partial charge on any atom is -0.349 e. The molecule has 1 amide bonds. The molecule has 0 spiro atoms. The van der Waals surface area contributed by atoms with Gasteiger partial charge in [-0.05, 0) is 43.2 Å². The molecule has 1 unspecified atom stereocenters. The Kier molecular flexibility index (Phi) is 4.58. The fourth-order valence-electron chi connectivity index (χ4n) is 1.97. The third kappa shape index (κ3) is 4.11. The first-order valence-corrected chi connectivity index (χ1v) is 6.63. The van der Waals surface area contributed by atoms with E-state index in [0.717, 1.165) is 17.0 Å². The number of rotatable bonds is 4. The Hall–Kier alpha value is -1.80. The van der Waals surface area contributed by atoms with Crippen LogP contribution >= 0.6 is 11.6 Å². The van der Waals surface area contributed by atoms with Crippen molar-refractivity contribution in [2.45, 2.75) is 19.4 Å². The summed E-state index contributed by atoms with van der Waals surface area (Å²) < 4.78 is 0. The number of amides is 1. The monoisotopic (exact) mass is 273 g/mol. The fraction of sp³-hybridized carbons (Fsp3) is 0.188. The van der Waals surface area contributed by atoms with Crippen molar-refractivity contribution in [2.75, 3.05) is 0 Å². The molecule has 0 saturated carbocycles. The lowest BCUT2D eigenvalue weighted by Crippen LogP contribution is -2.34. The smallest absolute Gasteiger partial charge is 0.251 e. The Bertz CT molecular complexity index is 554. The minimum atomic E-state index is -0.0462. The zero-order chi connectivity index (χ0) is 13.7. The van der Waals surface area contributed by atoms with Crippen LogP contribution in [0, 0.1) is 0 Å². The number of carbonyl (C=O) groups is 1. The van der Waals surface area contributed by atoms with E-state index in [-0.39, 0.29) is 11.9 Å². The standard InChI is InChI=1S/C16H16ClNO/c1-12(10-13-6-5-9-15(17)11-13)18-16(19)14-7-3-2-4-8-14/h2-9,11-12H,10H2,1H3,(H,18,19). The van der Waals surface area contributed by atoms with Gasteiger partial charge in [-0.25, -0.2) is 0 Å². The van der Waals surface area contributed by atoms with Crippen LogP contribution in [0.15, 0.2) is 54.6 Å². The molecule has 1 N–H and O–H groups in total. The number of nitrogens with one attached hydrogen (secondary N) is 1. The van der Waals surface area contributed by atoms with Crippen molar-refractivity contribution in [3.63, 3.8) is 0 Å². The largest absolute Gasteiger partial charge is 0.349 e. The van der Waals surface area contributed by atoms with Crippen molar-refractivity contribution in [3.05, 3.63) is 70.7 Å². The van der Waals surface area contributed by atoms with Gasteiger partial charge in [0.1, 0.15) is 0 Å². The molecule has 2 aromatic rings. The van der Waals surface area contributed by atoms with E-state index in [1.165, 1.54) is 0 Å². The maximum absolute atomic E-state index is 12.0. The Morgan fingerprint density at radius 3 is 2.58 bits per heavy atom. The van der Waals surface area contributed by atoms with Gasteiger partial charge in [-0.1, -0.05) is 41.9 Å². The van der Waals surface area contributed by atoms with Crippen LogP contribution in [0.2, 0.25) is 5.02 Å². The molecule has 2 aromatic carbocycles. The first-order valence-electron chi connectivity index (χ1n) is 6.25. The zero-order valence-corrected chi connectivity index (χ0v) is 11.5. The van der Waals surface area contributed by atoms with Gasteiger partial charge in [-0.15, -0.1) is 0 Å². The summed E-state index contributed by atoms with van der Waals surface area (Å²) in [5.41, 5.74) is 1.80. The molecule has 0 aliphatic rings. The van der Waals surface area contributed by atoms with Crippen molar-refractivity contribution >= 4 is 17.5 Å². The Morgan fingerprint density at radius 1 is 1.16 bits per heavy atom. The van der Waals surface area contributed by atoms with Gasteiger partial charge < -0.3 is 5.32 Å². The van der Waals surface area contributed by atoms with Gasteiger partial charge in [-0.2, -0.15) is 0 Å². The van der Waals surface area contributed by atoms with Crippen molar-refractivity contribution in [3.8, 4) is 0 Å². The summed E-state index contributed by atoms with van der Waals surface area (Å²) in [6.07, 6.45) is 0.763. The van der Waals surface area contributed by atoms with Crippen LogP contribution < -0.4 is 5.32 Å². The van der Waals surface area contributed by atoms with E-state index < -0.39 is 0 Å². The predicted octanol–water partition coefficient (Wildman–Crippen LogP) is 3.70. The summed E-state index contributed by atoms with van der Waals surface area (Å²) in [7, 11) is 0. The molecule has 2 nitrogen and oxygen atoms in total. The van der Waals surface area contributed by atoms with Crippen LogP contribution in [0.5, 0.6) is 0 Å². The van der Waals surface area contributed by atoms with E-state index in [9.17, 15) is 4.79 Å². The summed E-state index contributed by atoms with van der Waals surface area (Å²) in [4.78, 5) is 12.0. The van der Waals surface area contributed by atoms with Gasteiger partial charge in [0.2, 0.25) is 0 Å². The van der Waals surface area contributed by atoms with Gasteiger partial charge >= 0.3 is 0 Å². The number of carbonyl (C=O) groups excluding carboxylic acids is 1. The van der Waals surface area contributed by atoms with Crippen molar-refractivity contribution in [1.29, 1.82) is 0 Å². The van der Waals surface area contributed by atoms with Crippen LogP contribution in [-0.2, 0) is 6.42 Å². The first kappa shape index (κ1) is 13.6. The molecule has 2 rings (SSSR count). The molecular formula is C16H16ClNO. The van der Waals surface area contributed by atoms with Crippen LogP contribution in [0.1, 0.15) is 22.8 Å². The van der Waals surface area contributed by atoms with E-state index in [4.69, 9.17) is 11.6 Å².